The summed E-state index contributed by atoms with van der Waals surface area (Å²) < 4.78 is 14.1. The largest absolute Gasteiger partial charge is 0.507 e. The first-order chi connectivity index (χ1) is 11.6. The average molecular weight is 319 g/mol. The molecular formula is C21H18FNO. The number of hydrogen-bond acceptors (Lipinski definition) is 2. The second kappa shape index (κ2) is 6.67. The number of aliphatic imine (C=N–C) groups is 1. The van der Waals surface area contributed by atoms with Crippen LogP contribution in [0.5, 0.6) is 5.75 Å². The van der Waals surface area contributed by atoms with Crippen molar-refractivity contribution >= 4 is 11.9 Å². The second-order valence-electron chi connectivity index (χ2n) is 5.75. The number of phenols is 1. The van der Waals surface area contributed by atoms with E-state index in [1.54, 1.807) is 0 Å². The van der Waals surface area contributed by atoms with Crippen molar-refractivity contribution in [3.63, 3.8) is 0 Å². The minimum atomic E-state index is -0.403. The Morgan fingerprint density at radius 2 is 1.58 bits per heavy atom. The molecule has 0 unspecified atom stereocenters. The first kappa shape index (κ1) is 15.9. The molecule has 0 aliphatic carbocycles. The van der Waals surface area contributed by atoms with Crippen LogP contribution in [-0.4, -0.2) is 11.3 Å². The lowest BCUT2D eigenvalue weighted by Gasteiger charge is -2.13. The molecule has 0 radical (unpaired) electrons. The highest BCUT2D eigenvalue weighted by Crippen LogP contribution is 2.36. The molecular weight excluding hydrogens is 301 g/mol. The maximum absolute atomic E-state index is 14.1. The van der Waals surface area contributed by atoms with Crippen LogP contribution < -0.4 is 0 Å². The summed E-state index contributed by atoms with van der Waals surface area (Å²) in [7, 11) is 0. The van der Waals surface area contributed by atoms with Crippen LogP contribution in [0.15, 0.2) is 65.7 Å². The molecule has 0 aliphatic heterocycles. The van der Waals surface area contributed by atoms with Crippen LogP contribution in [0.1, 0.15) is 16.7 Å². The third kappa shape index (κ3) is 3.20. The molecule has 0 fully saturated rings. The van der Waals surface area contributed by atoms with Crippen molar-refractivity contribution in [1.29, 1.82) is 0 Å². The number of halogens is 1. The summed E-state index contributed by atoms with van der Waals surface area (Å²) in [6.07, 6.45) is 1.49. The Kier molecular flexibility index (Phi) is 4.43. The summed E-state index contributed by atoms with van der Waals surface area (Å²) in [4.78, 5) is 4.31. The fourth-order valence-electron chi connectivity index (χ4n) is 2.81. The first-order valence-electron chi connectivity index (χ1n) is 7.74. The predicted octanol–water partition coefficient (Wildman–Crippen LogP) is 5.57. The van der Waals surface area contributed by atoms with Crippen molar-refractivity contribution in [2.75, 3.05) is 0 Å². The van der Waals surface area contributed by atoms with E-state index in [1.165, 1.54) is 18.3 Å². The molecule has 24 heavy (non-hydrogen) atoms. The van der Waals surface area contributed by atoms with E-state index >= 15 is 0 Å². The van der Waals surface area contributed by atoms with Crippen molar-refractivity contribution < 1.29 is 9.50 Å². The van der Waals surface area contributed by atoms with Gasteiger partial charge in [0.2, 0.25) is 0 Å². The molecule has 0 bridgehead atoms. The van der Waals surface area contributed by atoms with Crippen LogP contribution in [0.3, 0.4) is 0 Å². The molecule has 3 rings (SSSR count). The lowest BCUT2D eigenvalue weighted by Crippen LogP contribution is -1.93. The SMILES string of the molecule is Cc1cccc(C)c1-c1cc(F)cc(C=Nc2ccccc2)c1O. The highest BCUT2D eigenvalue weighted by Gasteiger charge is 2.14. The van der Waals surface area contributed by atoms with Crippen molar-refractivity contribution in [1.82, 2.24) is 0 Å². The fourth-order valence-corrected chi connectivity index (χ4v) is 2.81. The van der Waals surface area contributed by atoms with E-state index in [0.717, 1.165) is 22.4 Å². The van der Waals surface area contributed by atoms with Crippen molar-refractivity contribution in [3.05, 3.63) is 83.2 Å². The lowest BCUT2D eigenvalue weighted by atomic mass is 9.93. The van der Waals surface area contributed by atoms with Gasteiger partial charge in [0.25, 0.3) is 0 Å². The van der Waals surface area contributed by atoms with Gasteiger partial charge in [0.15, 0.2) is 0 Å². The Morgan fingerprint density at radius 1 is 0.917 bits per heavy atom. The lowest BCUT2D eigenvalue weighted by molar-refractivity contribution is 0.474. The summed E-state index contributed by atoms with van der Waals surface area (Å²) in [5.41, 5.74) is 4.42. The van der Waals surface area contributed by atoms with Gasteiger partial charge in [-0.25, -0.2) is 4.39 Å². The third-order valence-electron chi connectivity index (χ3n) is 3.96. The average Bonchev–Trinajstić information content (AvgIpc) is 2.57. The molecule has 0 aliphatic rings. The van der Waals surface area contributed by atoms with E-state index in [1.807, 2.05) is 62.4 Å². The van der Waals surface area contributed by atoms with Crippen molar-refractivity contribution in [2.45, 2.75) is 13.8 Å². The fraction of sp³-hybridized carbons (Fsp3) is 0.0952. The summed E-state index contributed by atoms with van der Waals surface area (Å²) in [5.74, 6) is -0.367. The Labute approximate surface area is 140 Å². The van der Waals surface area contributed by atoms with E-state index in [9.17, 15) is 9.50 Å². The van der Waals surface area contributed by atoms with Crippen LogP contribution >= 0.6 is 0 Å². The normalized spacial score (nSPS) is 11.1. The molecule has 0 aromatic heterocycles. The highest BCUT2D eigenvalue weighted by molar-refractivity contribution is 5.90. The molecule has 120 valence electrons. The van der Waals surface area contributed by atoms with Gasteiger partial charge in [0.05, 0.1) is 5.69 Å². The molecule has 0 saturated heterocycles. The Morgan fingerprint density at radius 3 is 2.25 bits per heavy atom. The van der Waals surface area contributed by atoms with Crippen LogP contribution in [-0.2, 0) is 0 Å². The maximum atomic E-state index is 14.1. The van der Waals surface area contributed by atoms with E-state index in [0.29, 0.717) is 11.1 Å². The Bertz CT molecular complexity index is 881. The zero-order valence-corrected chi connectivity index (χ0v) is 13.6. The van der Waals surface area contributed by atoms with Gasteiger partial charge < -0.3 is 5.11 Å². The van der Waals surface area contributed by atoms with Gasteiger partial charge in [0.1, 0.15) is 11.6 Å². The minimum Gasteiger partial charge on any atom is -0.507 e. The number of hydrogen-bond donors (Lipinski definition) is 1. The number of benzene rings is 3. The van der Waals surface area contributed by atoms with Crippen LogP contribution in [0, 0.1) is 19.7 Å². The number of rotatable bonds is 3. The molecule has 3 aromatic rings. The standard InChI is InChI=1S/C21H18FNO/c1-14-7-6-8-15(2)20(14)19-12-17(22)11-16(21(19)24)13-23-18-9-4-3-5-10-18/h3-13,24H,1-2H3. The molecule has 2 nitrogen and oxygen atoms in total. The van der Waals surface area contributed by atoms with Crippen LogP contribution in [0.25, 0.3) is 11.1 Å². The van der Waals surface area contributed by atoms with E-state index in [-0.39, 0.29) is 5.75 Å². The molecule has 0 amide bonds. The monoisotopic (exact) mass is 319 g/mol. The van der Waals surface area contributed by atoms with Gasteiger partial charge in [-0.3, -0.25) is 4.99 Å². The topological polar surface area (TPSA) is 32.6 Å². The van der Waals surface area contributed by atoms with Gasteiger partial charge in [0, 0.05) is 17.3 Å². The number of aryl methyl sites for hydroxylation is 2. The van der Waals surface area contributed by atoms with E-state index in [4.69, 9.17) is 0 Å². The number of phenolic OH excluding ortho intramolecular Hbond substituents is 1. The van der Waals surface area contributed by atoms with Crippen LogP contribution in [0.2, 0.25) is 0 Å². The zero-order chi connectivity index (χ0) is 17.1. The number of nitrogens with zero attached hydrogens (tertiary/aromatic N) is 1. The molecule has 0 saturated carbocycles. The molecule has 0 heterocycles. The third-order valence-corrected chi connectivity index (χ3v) is 3.96. The van der Waals surface area contributed by atoms with Gasteiger partial charge in [-0.1, -0.05) is 36.4 Å². The molecule has 0 spiro atoms. The predicted molar refractivity (Wildman–Crippen MR) is 96.7 cm³/mol. The number of aromatic hydroxyl groups is 1. The summed E-state index contributed by atoms with van der Waals surface area (Å²) in [5, 5.41) is 10.6. The van der Waals surface area contributed by atoms with Gasteiger partial charge in [-0.2, -0.15) is 0 Å². The molecule has 3 heteroatoms. The Balaban J connectivity index is 2.11. The number of para-hydroxylation sites is 1. The van der Waals surface area contributed by atoms with E-state index < -0.39 is 5.82 Å². The molecule has 3 aromatic carbocycles. The zero-order valence-electron chi connectivity index (χ0n) is 13.6. The summed E-state index contributed by atoms with van der Waals surface area (Å²) in [6.45, 7) is 3.90. The maximum Gasteiger partial charge on any atom is 0.132 e. The van der Waals surface area contributed by atoms with Crippen LogP contribution in [0.4, 0.5) is 10.1 Å². The minimum absolute atomic E-state index is 0.0356. The van der Waals surface area contributed by atoms with Crippen molar-refractivity contribution in [2.24, 2.45) is 4.99 Å². The van der Waals surface area contributed by atoms with Crippen molar-refractivity contribution in [3.8, 4) is 16.9 Å². The highest BCUT2D eigenvalue weighted by atomic mass is 19.1. The summed E-state index contributed by atoms with van der Waals surface area (Å²) >= 11 is 0. The first-order valence-corrected chi connectivity index (χ1v) is 7.74. The summed E-state index contributed by atoms with van der Waals surface area (Å²) in [6, 6.07) is 17.8. The van der Waals surface area contributed by atoms with E-state index in [2.05, 4.69) is 4.99 Å². The smallest absolute Gasteiger partial charge is 0.132 e. The second-order valence-corrected chi connectivity index (χ2v) is 5.75. The molecule has 1 N–H and O–H groups in total. The van der Waals surface area contributed by atoms with Gasteiger partial charge >= 0.3 is 0 Å². The van der Waals surface area contributed by atoms with Gasteiger partial charge in [-0.15, -0.1) is 0 Å². The Hall–Kier alpha value is -2.94. The van der Waals surface area contributed by atoms with Gasteiger partial charge in [-0.05, 0) is 54.8 Å². The molecule has 0 atom stereocenters. The quantitative estimate of drug-likeness (QED) is 0.629.